The quantitative estimate of drug-likeness (QED) is 0.890. The van der Waals surface area contributed by atoms with E-state index in [4.69, 9.17) is 9.84 Å². The van der Waals surface area contributed by atoms with Gasteiger partial charge in [-0.2, -0.15) is 0 Å². The van der Waals surface area contributed by atoms with Crippen molar-refractivity contribution in [3.05, 3.63) is 18.0 Å². The maximum absolute atomic E-state index is 13.1. The van der Waals surface area contributed by atoms with Crippen molar-refractivity contribution in [2.75, 3.05) is 12.4 Å². The van der Waals surface area contributed by atoms with E-state index in [9.17, 15) is 13.6 Å². The minimum absolute atomic E-state index is 0.0511. The summed E-state index contributed by atoms with van der Waals surface area (Å²) < 4.78 is 31.3. The summed E-state index contributed by atoms with van der Waals surface area (Å²) in [5.74, 6) is -2.19. The van der Waals surface area contributed by atoms with Crippen LogP contribution in [0.1, 0.15) is 31.4 Å². The molecule has 1 aromatic rings. The molecule has 1 aliphatic carbocycles. The van der Waals surface area contributed by atoms with Gasteiger partial charge in [-0.05, 0) is 24.8 Å². The summed E-state index contributed by atoms with van der Waals surface area (Å²) in [7, 11) is 1.45. The smallest absolute Gasteiger partial charge is 0.411 e. The summed E-state index contributed by atoms with van der Waals surface area (Å²) >= 11 is 0. The molecule has 0 aliphatic heterocycles. The zero-order valence-corrected chi connectivity index (χ0v) is 12.1. The van der Waals surface area contributed by atoms with Crippen LogP contribution < -0.4 is 10.1 Å². The molecule has 8 heteroatoms. The van der Waals surface area contributed by atoms with Gasteiger partial charge in [0.25, 0.3) is 0 Å². The zero-order chi connectivity index (χ0) is 16.2. The molecule has 1 aromatic heterocycles. The fourth-order valence-corrected chi connectivity index (χ4v) is 2.30. The maximum Gasteiger partial charge on any atom is 0.411 e. The third-order valence-corrected chi connectivity index (χ3v) is 3.51. The molecule has 0 aromatic carbocycles. The number of hydrogen-bond acceptors (Lipinski definition) is 4. The van der Waals surface area contributed by atoms with E-state index < -0.39 is 12.0 Å². The highest BCUT2D eigenvalue weighted by molar-refractivity contribution is 5.80. The summed E-state index contributed by atoms with van der Waals surface area (Å²) in [6, 6.07) is 0. The summed E-state index contributed by atoms with van der Waals surface area (Å²) in [6.07, 6.45) is 4.14. The number of halogens is 2. The lowest BCUT2D eigenvalue weighted by Gasteiger charge is -2.26. The van der Waals surface area contributed by atoms with E-state index in [2.05, 4.69) is 15.3 Å². The molecule has 2 rings (SSSR count). The van der Waals surface area contributed by atoms with Gasteiger partial charge in [0.2, 0.25) is 11.9 Å². The van der Waals surface area contributed by atoms with Crippen LogP contribution in [0.25, 0.3) is 6.08 Å². The molecule has 1 saturated carbocycles. The molecule has 0 atom stereocenters. The third kappa shape index (κ3) is 4.37. The van der Waals surface area contributed by atoms with Gasteiger partial charge in [0.1, 0.15) is 5.69 Å². The van der Waals surface area contributed by atoms with Crippen molar-refractivity contribution in [1.82, 2.24) is 9.97 Å². The molecule has 0 radical (unpaired) electrons. The van der Waals surface area contributed by atoms with E-state index in [-0.39, 0.29) is 24.7 Å². The van der Waals surface area contributed by atoms with Gasteiger partial charge in [0, 0.05) is 12.8 Å². The first-order chi connectivity index (χ1) is 10.4. The Labute approximate surface area is 126 Å². The van der Waals surface area contributed by atoms with Crippen LogP contribution in [-0.4, -0.2) is 34.2 Å². The number of allylic oxidation sites excluding steroid dienone is 1. The molecule has 1 amide bonds. The van der Waals surface area contributed by atoms with E-state index in [0.29, 0.717) is 24.3 Å². The van der Waals surface area contributed by atoms with E-state index >= 15 is 0 Å². The van der Waals surface area contributed by atoms with Crippen LogP contribution in [0.15, 0.2) is 12.3 Å². The summed E-state index contributed by atoms with van der Waals surface area (Å²) in [6.45, 7) is 0. The summed E-state index contributed by atoms with van der Waals surface area (Å²) in [5, 5.41) is 10.7. The van der Waals surface area contributed by atoms with E-state index in [1.807, 2.05) is 6.08 Å². The van der Waals surface area contributed by atoms with Crippen LogP contribution in [0.2, 0.25) is 0 Å². The monoisotopic (exact) mass is 313 g/mol. The Balaban J connectivity index is 2.10. The summed E-state index contributed by atoms with van der Waals surface area (Å²) in [5.41, 5.74) is 0.401. The van der Waals surface area contributed by atoms with E-state index in [0.717, 1.165) is 0 Å². The average molecular weight is 313 g/mol. The molecular weight excluding hydrogens is 296 g/mol. The molecule has 0 spiro atoms. The first-order valence-electron chi connectivity index (χ1n) is 6.86. The van der Waals surface area contributed by atoms with E-state index in [1.165, 1.54) is 13.3 Å². The standard InChI is InChI=1S/C14H17F2N3O3/c1-22-11-8-17-12(19-13(20)21)18-10(11)3-2-9-4-6-14(15,16)7-5-9/h2-3,8-9H,4-7H2,1H3,(H,20,21)(H,17,18,19). The molecule has 22 heavy (non-hydrogen) atoms. The number of nitrogens with zero attached hydrogens (tertiary/aromatic N) is 2. The molecule has 1 aliphatic rings. The number of amides is 1. The zero-order valence-electron chi connectivity index (χ0n) is 12.1. The van der Waals surface area contributed by atoms with Crippen LogP contribution in [0.4, 0.5) is 19.5 Å². The van der Waals surface area contributed by atoms with Gasteiger partial charge in [-0.1, -0.05) is 6.08 Å². The van der Waals surface area contributed by atoms with Crippen molar-refractivity contribution in [3.63, 3.8) is 0 Å². The number of carboxylic acid groups (broad SMARTS) is 1. The first kappa shape index (κ1) is 16.1. The van der Waals surface area contributed by atoms with Crippen molar-refractivity contribution in [1.29, 1.82) is 0 Å². The van der Waals surface area contributed by atoms with Crippen LogP contribution in [-0.2, 0) is 0 Å². The van der Waals surface area contributed by atoms with Gasteiger partial charge in [-0.25, -0.2) is 23.5 Å². The highest BCUT2D eigenvalue weighted by Crippen LogP contribution is 2.37. The topological polar surface area (TPSA) is 84.3 Å². The molecule has 120 valence electrons. The Kier molecular flexibility index (Phi) is 4.89. The second-order valence-corrected chi connectivity index (χ2v) is 5.13. The van der Waals surface area contributed by atoms with Crippen molar-refractivity contribution >= 4 is 18.1 Å². The molecule has 6 nitrogen and oxygen atoms in total. The number of aromatic nitrogens is 2. The van der Waals surface area contributed by atoms with Crippen molar-refractivity contribution in [3.8, 4) is 5.75 Å². The number of alkyl halides is 2. The Bertz CT molecular complexity index is 568. The van der Waals surface area contributed by atoms with Crippen LogP contribution >= 0.6 is 0 Å². The van der Waals surface area contributed by atoms with E-state index in [1.54, 1.807) is 6.08 Å². The number of carbonyl (C=O) groups is 1. The average Bonchev–Trinajstić information content (AvgIpc) is 2.46. The van der Waals surface area contributed by atoms with Gasteiger partial charge in [0.05, 0.1) is 13.3 Å². The van der Waals surface area contributed by atoms with Crippen LogP contribution in [0.3, 0.4) is 0 Å². The highest BCUT2D eigenvalue weighted by Gasteiger charge is 2.33. The number of ether oxygens (including phenoxy) is 1. The van der Waals surface area contributed by atoms with Crippen LogP contribution in [0.5, 0.6) is 5.75 Å². The van der Waals surface area contributed by atoms with Gasteiger partial charge >= 0.3 is 6.09 Å². The van der Waals surface area contributed by atoms with Gasteiger partial charge in [-0.15, -0.1) is 0 Å². The number of nitrogens with one attached hydrogen (secondary N) is 1. The molecule has 1 heterocycles. The molecular formula is C14H17F2N3O3. The van der Waals surface area contributed by atoms with Crippen molar-refractivity contribution in [2.45, 2.75) is 31.6 Å². The van der Waals surface area contributed by atoms with Crippen molar-refractivity contribution in [2.24, 2.45) is 5.92 Å². The molecule has 1 fully saturated rings. The summed E-state index contributed by atoms with van der Waals surface area (Å²) in [4.78, 5) is 18.4. The van der Waals surface area contributed by atoms with Crippen molar-refractivity contribution < 1.29 is 23.4 Å². The molecule has 0 bridgehead atoms. The fourth-order valence-electron chi connectivity index (χ4n) is 2.30. The number of hydrogen-bond donors (Lipinski definition) is 2. The maximum atomic E-state index is 13.1. The molecule has 0 unspecified atom stereocenters. The lowest BCUT2D eigenvalue weighted by Crippen LogP contribution is -2.23. The minimum atomic E-state index is -2.56. The van der Waals surface area contributed by atoms with Crippen LogP contribution in [0, 0.1) is 5.92 Å². The predicted octanol–water partition coefficient (Wildman–Crippen LogP) is 3.41. The Morgan fingerprint density at radius 2 is 2.18 bits per heavy atom. The third-order valence-electron chi connectivity index (χ3n) is 3.51. The van der Waals surface area contributed by atoms with Gasteiger partial charge in [0.15, 0.2) is 5.75 Å². The van der Waals surface area contributed by atoms with Gasteiger partial charge in [-0.3, -0.25) is 5.32 Å². The predicted molar refractivity (Wildman–Crippen MR) is 76.2 cm³/mol. The molecule has 0 saturated heterocycles. The second kappa shape index (κ2) is 6.67. The Morgan fingerprint density at radius 1 is 1.50 bits per heavy atom. The minimum Gasteiger partial charge on any atom is -0.493 e. The lowest BCUT2D eigenvalue weighted by molar-refractivity contribution is -0.0410. The number of methoxy groups -OCH3 is 1. The SMILES string of the molecule is COc1cnc(NC(=O)O)nc1C=CC1CCC(F)(F)CC1. The van der Waals surface area contributed by atoms with Gasteiger partial charge < -0.3 is 9.84 Å². The fraction of sp³-hybridized carbons (Fsp3) is 0.500. The second-order valence-electron chi connectivity index (χ2n) is 5.13. The normalized spacial score (nSPS) is 18.3. The first-order valence-corrected chi connectivity index (χ1v) is 6.86. The largest absolute Gasteiger partial charge is 0.493 e. The number of rotatable bonds is 4. The number of anilines is 1. The highest BCUT2D eigenvalue weighted by atomic mass is 19.3. The Morgan fingerprint density at radius 3 is 2.77 bits per heavy atom. The lowest BCUT2D eigenvalue weighted by atomic mass is 9.86. The molecule has 2 N–H and O–H groups in total. The Hall–Kier alpha value is -2.25.